The van der Waals surface area contributed by atoms with E-state index in [0.29, 0.717) is 17.0 Å². The summed E-state index contributed by atoms with van der Waals surface area (Å²) >= 11 is 0. The highest BCUT2D eigenvalue weighted by atomic mass is 16.5. The Morgan fingerprint density at radius 2 is 1.85 bits per heavy atom. The smallest absolute Gasteiger partial charge is 0.341 e. The van der Waals surface area contributed by atoms with E-state index < -0.39 is 18.0 Å². The van der Waals surface area contributed by atoms with Crippen LogP contribution in [0.5, 0.6) is 0 Å². The molecule has 7 nitrogen and oxygen atoms in total. The van der Waals surface area contributed by atoms with Gasteiger partial charge in [0.2, 0.25) is 0 Å². The van der Waals surface area contributed by atoms with E-state index in [9.17, 15) is 9.59 Å². The number of nitrogens with zero attached hydrogens (tertiary/aromatic N) is 1. The monoisotopic (exact) mass is 356 g/mol. The number of anilines is 1. The van der Waals surface area contributed by atoms with Crippen molar-refractivity contribution in [3.63, 3.8) is 0 Å². The Kier molecular flexibility index (Phi) is 6.39. The van der Waals surface area contributed by atoms with Gasteiger partial charge in [0.25, 0.3) is 0 Å². The summed E-state index contributed by atoms with van der Waals surface area (Å²) in [5.41, 5.74) is 1.37. The number of furan rings is 1. The topological polar surface area (TPSA) is 102 Å². The van der Waals surface area contributed by atoms with E-state index in [2.05, 4.69) is 5.32 Å². The SMILES string of the molecule is CCOC(=O)c1cc(C(Nc2ccc(C#N)cc2)C(=O)OCC)oc1C. The van der Waals surface area contributed by atoms with E-state index in [1.807, 2.05) is 6.07 Å². The van der Waals surface area contributed by atoms with Gasteiger partial charge in [-0.1, -0.05) is 0 Å². The van der Waals surface area contributed by atoms with Gasteiger partial charge in [-0.05, 0) is 51.1 Å². The Morgan fingerprint density at radius 1 is 1.19 bits per heavy atom. The molecule has 0 amide bonds. The predicted molar refractivity (Wildman–Crippen MR) is 93.6 cm³/mol. The standard InChI is InChI=1S/C19H20N2O5/c1-4-24-18(22)15-10-16(26-12(15)3)17(19(23)25-5-2)21-14-8-6-13(11-20)7-9-14/h6-10,17,21H,4-5H2,1-3H3. The molecule has 0 aliphatic heterocycles. The first kappa shape index (κ1) is 19.1. The van der Waals surface area contributed by atoms with Crippen LogP contribution in [0.2, 0.25) is 0 Å². The van der Waals surface area contributed by atoms with Crippen molar-refractivity contribution in [1.82, 2.24) is 0 Å². The molecule has 2 aromatic rings. The number of benzene rings is 1. The summed E-state index contributed by atoms with van der Waals surface area (Å²) in [5.74, 6) is -0.454. The first-order valence-corrected chi connectivity index (χ1v) is 8.20. The molecular weight excluding hydrogens is 336 g/mol. The largest absolute Gasteiger partial charge is 0.464 e. The summed E-state index contributed by atoms with van der Waals surface area (Å²) in [5, 5.41) is 11.9. The zero-order chi connectivity index (χ0) is 19.1. The Morgan fingerprint density at radius 3 is 2.42 bits per heavy atom. The third-order valence-corrected chi connectivity index (χ3v) is 3.56. The normalized spacial score (nSPS) is 11.3. The lowest BCUT2D eigenvalue weighted by Gasteiger charge is -2.16. The highest BCUT2D eigenvalue weighted by Crippen LogP contribution is 2.26. The lowest BCUT2D eigenvalue weighted by Crippen LogP contribution is -2.23. The molecule has 26 heavy (non-hydrogen) atoms. The first-order valence-electron chi connectivity index (χ1n) is 8.20. The summed E-state index contributed by atoms with van der Waals surface area (Å²) in [6, 6.07) is 9.17. The van der Waals surface area contributed by atoms with Crippen molar-refractivity contribution in [2.45, 2.75) is 26.8 Å². The number of hydrogen-bond acceptors (Lipinski definition) is 7. The van der Waals surface area contributed by atoms with Crippen molar-refractivity contribution < 1.29 is 23.5 Å². The minimum atomic E-state index is -0.940. The average Bonchev–Trinajstić information content (AvgIpc) is 3.02. The fourth-order valence-electron chi connectivity index (χ4n) is 2.34. The number of nitriles is 1. The number of hydrogen-bond donors (Lipinski definition) is 1. The van der Waals surface area contributed by atoms with Gasteiger partial charge in [0.1, 0.15) is 17.1 Å². The fourth-order valence-corrected chi connectivity index (χ4v) is 2.34. The number of ether oxygens (including phenoxy) is 2. The average molecular weight is 356 g/mol. The van der Waals surface area contributed by atoms with Crippen LogP contribution in [-0.2, 0) is 14.3 Å². The van der Waals surface area contributed by atoms with Crippen LogP contribution in [0.15, 0.2) is 34.7 Å². The van der Waals surface area contributed by atoms with Gasteiger partial charge in [0, 0.05) is 5.69 Å². The molecule has 2 rings (SSSR count). The lowest BCUT2D eigenvalue weighted by atomic mass is 10.1. The van der Waals surface area contributed by atoms with Gasteiger partial charge >= 0.3 is 11.9 Å². The number of rotatable bonds is 7. The van der Waals surface area contributed by atoms with Crippen molar-refractivity contribution in [3.05, 3.63) is 53.0 Å². The maximum atomic E-state index is 12.4. The Bertz CT molecular complexity index is 817. The minimum absolute atomic E-state index is 0.203. The third-order valence-electron chi connectivity index (χ3n) is 3.56. The summed E-state index contributed by atoms with van der Waals surface area (Å²) in [4.78, 5) is 24.4. The van der Waals surface area contributed by atoms with E-state index in [0.717, 1.165) is 0 Å². The molecule has 0 fully saturated rings. The van der Waals surface area contributed by atoms with Gasteiger partial charge in [0.15, 0.2) is 6.04 Å². The second-order valence-electron chi connectivity index (χ2n) is 5.36. The highest BCUT2D eigenvalue weighted by Gasteiger charge is 2.28. The van der Waals surface area contributed by atoms with Gasteiger partial charge in [-0.3, -0.25) is 0 Å². The first-order chi connectivity index (χ1) is 12.5. The molecule has 1 unspecified atom stereocenters. The van der Waals surface area contributed by atoms with Crippen LogP contribution in [0.4, 0.5) is 5.69 Å². The van der Waals surface area contributed by atoms with Crippen molar-refractivity contribution in [3.8, 4) is 6.07 Å². The van der Waals surface area contributed by atoms with Gasteiger partial charge < -0.3 is 19.2 Å². The third kappa shape index (κ3) is 4.42. The van der Waals surface area contributed by atoms with E-state index in [1.165, 1.54) is 6.07 Å². The molecule has 7 heteroatoms. The molecule has 0 bridgehead atoms. The molecule has 0 saturated carbocycles. The molecule has 1 N–H and O–H groups in total. The molecule has 0 aliphatic rings. The van der Waals surface area contributed by atoms with E-state index in [4.69, 9.17) is 19.2 Å². The van der Waals surface area contributed by atoms with Crippen LogP contribution < -0.4 is 5.32 Å². The summed E-state index contributed by atoms with van der Waals surface area (Å²) in [7, 11) is 0. The van der Waals surface area contributed by atoms with Crippen molar-refractivity contribution in [1.29, 1.82) is 5.26 Å². The van der Waals surface area contributed by atoms with Crippen LogP contribution in [0.1, 0.15) is 47.3 Å². The zero-order valence-electron chi connectivity index (χ0n) is 14.9. The number of nitrogens with one attached hydrogen (secondary N) is 1. The Balaban J connectivity index is 2.32. The number of carbonyl (C=O) groups excluding carboxylic acids is 2. The molecule has 0 aliphatic carbocycles. The highest BCUT2D eigenvalue weighted by molar-refractivity contribution is 5.91. The van der Waals surface area contributed by atoms with Crippen LogP contribution >= 0.6 is 0 Å². The summed E-state index contributed by atoms with van der Waals surface area (Å²) < 4.78 is 15.7. The fraction of sp³-hybridized carbons (Fsp3) is 0.316. The lowest BCUT2D eigenvalue weighted by molar-refractivity contribution is -0.144. The maximum Gasteiger partial charge on any atom is 0.341 e. The van der Waals surface area contributed by atoms with E-state index in [-0.39, 0.29) is 24.5 Å². The van der Waals surface area contributed by atoms with E-state index >= 15 is 0 Å². The van der Waals surface area contributed by atoms with Crippen LogP contribution in [0.3, 0.4) is 0 Å². The van der Waals surface area contributed by atoms with Gasteiger partial charge in [0.05, 0.1) is 24.8 Å². The van der Waals surface area contributed by atoms with E-state index in [1.54, 1.807) is 45.0 Å². The summed E-state index contributed by atoms with van der Waals surface area (Å²) in [6.07, 6.45) is 0. The molecular formula is C19H20N2O5. The van der Waals surface area contributed by atoms with Crippen molar-refractivity contribution >= 4 is 17.6 Å². The molecule has 136 valence electrons. The predicted octanol–water partition coefficient (Wildman–Crippen LogP) is 3.35. The second-order valence-corrected chi connectivity index (χ2v) is 5.36. The Labute approximate surface area is 151 Å². The number of carbonyl (C=O) groups is 2. The van der Waals surface area contributed by atoms with Crippen LogP contribution in [0, 0.1) is 18.3 Å². The van der Waals surface area contributed by atoms with Gasteiger partial charge in [-0.2, -0.15) is 5.26 Å². The summed E-state index contributed by atoms with van der Waals surface area (Å²) in [6.45, 7) is 5.48. The molecule has 1 atom stereocenters. The molecule has 0 spiro atoms. The molecule has 0 saturated heterocycles. The molecule has 1 aromatic carbocycles. The maximum absolute atomic E-state index is 12.4. The van der Waals surface area contributed by atoms with Crippen LogP contribution in [0.25, 0.3) is 0 Å². The molecule has 1 aromatic heterocycles. The van der Waals surface area contributed by atoms with Crippen LogP contribution in [-0.4, -0.2) is 25.2 Å². The molecule has 0 radical (unpaired) electrons. The van der Waals surface area contributed by atoms with Crippen molar-refractivity contribution in [2.75, 3.05) is 18.5 Å². The van der Waals surface area contributed by atoms with Gasteiger partial charge in [-0.15, -0.1) is 0 Å². The van der Waals surface area contributed by atoms with Gasteiger partial charge in [-0.25, -0.2) is 9.59 Å². The van der Waals surface area contributed by atoms with Crippen molar-refractivity contribution in [2.24, 2.45) is 0 Å². The number of esters is 2. The number of aryl methyl sites for hydroxylation is 1. The molecule has 1 heterocycles. The minimum Gasteiger partial charge on any atom is -0.464 e. The Hall–Kier alpha value is -3.27. The zero-order valence-corrected chi connectivity index (χ0v) is 14.9. The quantitative estimate of drug-likeness (QED) is 0.759. The second kappa shape index (κ2) is 8.72.